The molecule has 1 saturated heterocycles. The number of amides is 2. The van der Waals surface area contributed by atoms with Crippen LogP contribution in [0.15, 0.2) is 11.9 Å². The van der Waals surface area contributed by atoms with Crippen LogP contribution in [0.4, 0.5) is 4.79 Å². The summed E-state index contributed by atoms with van der Waals surface area (Å²) in [5.74, 6) is 0.503. The Hall–Kier alpha value is -0.540. The molecule has 0 bridgehead atoms. The molecule has 2 atom stereocenters. The molecule has 0 saturated carbocycles. The van der Waals surface area contributed by atoms with Gasteiger partial charge in [0.05, 0.1) is 11.7 Å². The zero-order chi connectivity index (χ0) is 18.9. The Morgan fingerprint density at radius 3 is 2.52 bits per heavy atom. The van der Waals surface area contributed by atoms with Crippen molar-refractivity contribution in [2.45, 2.75) is 78.7 Å². The van der Waals surface area contributed by atoms with Gasteiger partial charge in [0.2, 0.25) is 0 Å². The Bertz CT molecular complexity index is 471. The first-order valence-electron chi connectivity index (χ1n) is 10.7. The molecule has 0 aliphatic carbocycles. The Kier molecular flexibility index (Phi) is 11.6. The van der Waals surface area contributed by atoms with Crippen LogP contribution in [-0.2, 0) is 0 Å². The summed E-state index contributed by atoms with van der Waals surface area (Å²) >= 11 is 0. The van der Waals surface area contributed by atoms with E-state index in [4.69, 9.17) is 0 Å². The summed E-state index contributed by atoms with van der Waals surface area (Å²) in [6.07, 6.45) is 10.6. The minimum Gasteiger partial charge on any atom is -1.00 e. The molecule has 2 aliphatic rings. The fourth-order valence-corrected chi connectivity index (χ4v) is 3.57. The van der Waals surface area contributed by atoms with Crippen LogP contribution in [0.3, 0.4) is 0 Å². The SMILES string of the molecule is CCCCN1N[NH+](CCCC)C=C1CCCCN1C[C@H](C(C)C)NC1=O.[I-]. The molecule has 1 fully saturated rings. The second-order valence-corrected chi connectivity index (χ2v) is 8.08. The van der Waals surface area contributed by atoms with E-state index >= 15 is 0 Å². The molecule has 27 heavy (non-hydrogen) atoms. The molecule has 0 aromatic rings. The number of hydrazine groups is 1. The Labute approximate surface area is 183 Å². The van der Waals surface area contributed by atoms with Crippen molar-refractivity contribution >= 4 is 6.03 Å². The molecule has 2 aliphatic heterocycles. The fraction of sp³-hybridized carbons (Fsp3) is 0.850. The van der Waals surface area contributed by atoms with E-state index in [1.165, 1.54) is 36.4 Å². The molecular formula is C20H40IN5O. The summed E-state index contributed by atoms with van der Waals surface area (Å²) < 4.78 is 0. The lowest BCUT2D eigenvalue weighted by atomic mass is 10.1. The number of hydrogen-bond donors (Lipinski definition) is 3. The molecule has 0 radical (unpaired) electrons. The van der Waals surface area contributed by atoms with E-state index in [0.717, 1.165) is 45.4 Å². The van der Waals surface area contributed by atoms with Gasteiger partial charge in [-0.25, -0.2) is 9.80 Å². The minimum absolute atomic E-state index is 0. The summed E-state index contributed by atoms with van der Waals surface area (Å²) in [6.45, 7) is 12.8. The largest absolute Gasteiger partial charge is 1.00 e. The summed E-state index contributed by atoms with van der Waals surface area (Å²) in [6, 6.07) is 0.426. The van der Waals surface area contributed by atoms with Gasteiger partial charge in [0, 0.05) is 19.6 Å². The lowest BCUT2D eigenvalue weighted by Crippen LogP contribution is -3.14. The molecule has 7 heteroatoms. The van der Waals surface area contributed by atoms with Gasteiger partial charge in [-0.15, -0.1) is 0 Å². The predicted molar refractivity (Wildman–Crippen MR) is 106 cm³/mol. The van der Waals surface area contributed by atoms with Crippen LogP contribution in [-0.4, -0.2) is 48.2 Å². The highest BCUT2D eigenvalue weighted by Gasteiger charge is 2.30. The smallest absolute Gasteiger partial charge is 0.317 e. The van der Waals surface area contributed by atoms with Crippen molar-refractivity contribution in [2.75, 3.05) is 26.2 Å². The molecule has 0 aromatic heterocycles. The van der Waals surface area contributed by atoms with Gasteiger partial charge in [-0.2, -0.15) is 0 Å². The summed E-state index contributed by atoms with van der Waals surface area (Å²) in [5, 5.41) is 6.82. The fourth-order valence-electron chi connectivity index (χ4n) is 3.57. The van der Waals surface area contributed by atoms with E-state index in [-0.39, 0.29) is 30.0 Å². The third kappa shape index (κ3) is 7.77. The van der Waals surface area contributed by atoms with Crippen LogP contribution in [0, 0.1) is 5.92 Å². The highest BCUT2D eigenvalue weighted by Crippen LogP contribution is 2.16. The van der Waals surface area contributed by atoms with Crippen molar-refractivity contribution in [1.29, 1.82) is 0 Å². The average Bonchev–Trinajstić information content (AvgIpc) is 3.18. The first-order chi connectivity index (χ1) is 12.5. The summed E-state index contributed by atoms with van der Waals surface area (Å²) in [5.41, 5.74) is 5.03. The van der Waals surface area contributed by atoms with Crippen LogP contribution < -0.4 is 39.8 Å². The van der Waals surface area contributed by atoms with E-state index in [9.17, 15) is 4.79 Å². The molecule has 2 rings (SSSR count). The maximum Gasteiger partial charge on any atom is 0.317 e. The van der Waals surface area contributed by atoms with E-state index in [1.54, 1.807) is 0 Å². The van der Waals surface area contributed by atoms with Gasteiger partial charge >= 0.3 is 6.03 Å². The van der Waals surface area contributed by atoms with Gasteiger partial charge in [0.1, 0.15) is 12.7 Å². The Balaban J connectivity index is 0.00000364. The molecule has 0 spiro atoms. The average molecular weight is 493 g/mol. The molecular weight excluding hydrogens is 453 g/mol. The monoisotopic (exact) mass is 493 g/mol. The summed E-state index contributed by atoms with van der Waals surface area (Å²) in [7, 11) is 0. The lowest BCUT2D eigenvalue weighted by Gasteiger charge is -2.21. The number of nitrogens with zero attached hydrogens (tertiary/aromatic N) is 2. The zero-order valence-corrected chi connectivity index (χ0v) is 19.8. The first-order valence-corrected chi connectivity index (χ1v) is 10.7. The second kappa shape index (κ2) is 12.8. The molecule has 6 nitrogen and oxygen atoms in total. The van der Waals surface area contributed by atoms with Gasteiger partial charge in [-0.05, 0) is 38.0 Å². The standard InChI is InChI=1S/C20H39N5O.HI/c1-5-7-13-24-15-18(25(22-24)14-8-6-2)11-9-10-12-23-16-19(17(3)4)21-20(23)26;/h15,17,19,22H,5-14,16H2,1-4H3,(H,21,26);1H/t19-;/m1./s1. The third-order valence-electron chi connectivity index (χ3n) is 5.43. The van der Waals surface area contributed by atoms with Crippen molar-refractivity contribution in [3.05, 3.63) is 11.9 Å². The summed E-state index contributed by atoms with van der Waals surface area (Å²) in [4.78, 5) is 14.0. The zero-order valence-electron chi connectivity index (χ0n) is 17.7. The topological polar surface area (TPSA) is 52.1 Å². The van der Waals surface area contributed by atoms with Crippen molar-refractivity contribution in [3.63, 3.8) is 0 Å². The highest BCUT2D eigenvalue weighted by molar-refractivity contribution is 5.76. The number of allylic oxidation sites excluding steroid dienone is 1. The van der Waals surface area contributed by atoms with Crippen molar-refractivity contribution in [3.8, 4) is 0 Å². The molecule has 158 valence electrons. The third-order valence-corrected chi connectivity index (χ3v) is 5.43. The molecule has 1 unspecified atom stereocenters. The number of urea groups is 1. The van der Waals surface area contributed by atoms with Gasteiger partial charge in [0.25, 0.3) is 0 Å². The Morgan fingerprint density at radius 2 is 1.89 bits per heavy atom. The van der Waals surface area contributed by atoms with Crippen molar-refractivity contribution < 1.29 is 33.8 Å². The van der Waals surface area contributed by atoms with Crippen LogP contribution in [0.5, 0.6) is 0 Å². The highest BCUT2D eigenvalue weighted by atomic mass is 127. The van der Waals surface area contributed by atoms with Crippen LogP contribution >= 0.6 is 0 Å². The normalized spacial score (nSPS) is 22.3. The predicted octanol–water partition coefficient (Wildman–Crippen LogP) is -0.728. The van der Waals surface area contributed by atoms with Crippen molar-refractivity contribution in [2.24, 2.45) is 5.92 Å². The number of hydrogen-bond acceptors (Lipinski definition) is 3. The van der Waals surface area contributed by atoms with Crippen LogP contribution in [0.2, 0.25) is 0 Å². The maximum absolute atomic E-state index is 12.0. The number of quaternary nitrogens is 1. The molecule has 2 heterocycles. The number of halogens is 1. The minimum atomic E-state index is 0. The number of carbonyl (C=O) groups excluding carboxylic acids is 1. The maximum atomic E-state index is 12.0. The van der Waals surface area contributed by atoms with Gasteiger partial charge < -0.3 is 34.2 Å². The molecule has 0 aromatic carbocycles. The first kappa shape index (κ1) is 24.5. The number of unbranched alkanes of at least 4 members (excludes halogenated alkanes) is 3. The lowest BCUT2D eigenvalue weighted by molar-refractivity contribution is -0.901. The van der Waals surface area contributed by atoms with E-state index in [1.807, 2.05) is 4.90 Å². The second-order valence-electron chi connectivity index (χ2n) is 8.08. The molecule has 3 N–H and O–H groups in total. The van der Waals surface area contributed by atoms with Gasteiger partial charge in [-0.3, -0.25) is 5.01 Å². The number of rotatable bonds is 12. The molecule has 2 amide bonds. The number of carbonyl (C=O) groups is 1. The quantitative estimate of drug-likeness (QED) is 0.248. The van der Waals surface area contributed by atoms with E-state index < -0.39 is 0 Å². The van der Waals surface area contributed by atoms with Crippen LogP contribution in [0.25, 0.3) is 0 Å². The Morgan fingerprint density at radius 1 is 1.15 bits per heavy atom. The van der Waals surface area contributed by atoms with Gasteiger partial charge in [0.15, 0.2) is 0 Å². The van der Waals surface area contributed by atoms with E-state index in [2.05, 4.69) is 49.8 Å². The van der Waals surface area contributed by atoms with Crippen LogP contribution in [0.1, 0.15) is 72.6 Å². The van der Waals surface area contributed by atoms with Gasteiger partial charge in [-0.1, -0.05) is 46.1 Å². The number of nitrogens with one attached hydrogen (secondary N) is 3. The van der Waals surface area contributed by atoms with Crippen molar-refractivity contribution in [1.82, 2.24) is 20.8 Å². The van der Waals surface area contributed by atoms with E-state index in [0.29, 0.717) is 12.0 Å².